The highest BCUT2D eigenvalue weighted by Crippen LogP contribution is 2.17. The monoisotopic (exact) mass is 294 g/mol. The molecule has 1 amide bonds. The molecule has 0 aliphatic carbocycles. The Hall–Kier alpha value is -2.08. The van der Waals surface area contributed by atoms with Crippen LogP contribution in [0.15, 0.2) is 24.3 Å². The van der Waals surface area contributed by atoms with Crippen LogP contribution in [-0.2, 0) is 4.79 Å². The summed E-state index contributed by atoms with van der Waals surface area (Å²) < 4.78 is 0. The number of phenolic OH excluding ortho intramolecular Hbond substituents is 1. The second-order valence-electron chi connectivity index (χ2n) is 4.93. The number of nitrogens with zero attached hydrogens (tertiary/aromatic N) is 1. The lowest BCUT2D eigenvalue weighted by molar-refractivity contribution is -0.137. The van der Waals surface area contributed by atoms with Crippen LogP contribution in [0.25, 0.3) is 0 Å². The third-order valence-corrected chi connectivity index (χ3v) is 3.18. The molecule has 1 aromatic carbocycles. The highest BCUT2D eigenvalue weighted by atomic mass is 16.4. The van der Waals surface area contributed by atoms with Crippen LogP contribution in [0, 0.1) is 0 Å². The molecule has 0 bridgehead atoms. The second kappa shape index (κ2) is 8.97. The Labute approximate surface area is 124 Å². The quantitative estimate of drug-likeness (QED) is 0.280. The van der Waals surface area contributed by atoms with Crippen LogP contribution in [0.1, 0.15) is 48.9 Å². The van der Waals surface area contributed by atoms with E-state index in [0.29, 0.717) is 13.0 Å². The van der Waals surface area contributed by atoms with Crippen LogP contribution in [0.2, 0.25) is 0 Å². The molecule has 116 valence electrons. The fraction of sp³-hybridized carbons (Fsp3) is 0.467. The average molecular weight is 294 g/mol. The summed E-state index contributed by atoms with van der Waals surface area (Å²) in [6.45, 7) is 0.409. The predicted molar refractivity (Wildman–Crippen MR) is 78.7 cm³/mol. The first-order chi connectivity index (χ1) is 10.0. The van der Waals surface area contributed by atoms with Gasteiger partial charge in [-0.15, -0.1) is 0 Å². The second-order valence-corrected chi connectivity index (χ2v) is 4.93. The third kappa shape index (κ3) is 6.27. The number of unbranched alkanes of at least 4 members (excludes halogenated alkanes) is 4. The van der Waals surface area contributed by atoms with Gasteiger partial charge in [0.25, 0.3) is 5.91 Å². The van der Waals surface area contributed by atoms with Gasteiger partial charge < -0.3 is 10.2 Å². The number of rotatable bonds is 9. The smallest absolute Gasteiger partial charge is 0.303 e. The van der Waals surface area contributed by atoms with E-state index in [1.165, 1.54) is 12.1 Å². The van der Waals surface area contributed by atoms with Gasteiger partial charge in [0.05, 0.1) is 5.56 Å². The average Bonchev–Trinajstić information content (AvgIpc) is 2.45. The Kier molecular flexibility index (Phi) is 7.25. The number of para-hydroxylation sites is 1. The zero-order valence-corrected chi connectivity index (χ0v) is 12.0. The largest absolute Gasteiger partial charge is 0.507 e. The molecule has 6 heteroatoms. The number of hydrazine groups is 1. The van der Waals surface area contributed by atoms with E-state index in [4.69, 9.17) is 10.9 Å². The van der Waals surface area contributed by atoms with Crippen LogP contribution in [-0.4, -0.2) is 33.6 Å². The minimum Gasteiger partial charge on any atom is -0.507 e. The number of amides is 1. The highest BCUT2D eigenvalue weighted by Gasteiger charge is 2.15. The Balaban J connectivity index is 2.22. The molecule has 0 aliphatic heterocycles. The first kappa shape index (κ1) is 17.0. The fourth-order valence-corrected chi connectivity index (χ4v) is 2.00. The van der Waals surface area contributed by atoms with Crippen LogP contribution in [0.5, 0.6) is 5.75 Å². The summed E-state index contributed by atoms with van der Waals surface area (Å²) >= 11 is 0. The fourth-order valence-electron chi connectivity index (χ4n) is 2.00. The van der Waals surface area contributed by atoms with E-state index in [1.54, 1.807) is 12.1 Å². The van der Waals surface area contributed by atoms with Gasteiger partial charge in [0.1, 0.15) is 5.75 Å². The standard InChI is InChI=1S/C15H22N2O4/c16-17(11-7-3-1-2-4-10-14(19)20)15(21)12-8-5-6-9-13(12)18/h5-6,8-9,18H,1-4,7,10-11,16H2,(H,19,20). The van der Waals surface area contributed by atoms with Crippen molar-refractivity contribution in [1.82, 2.24) is 5.01 Å². The molecule has 1 rings (SSSR count). The van der Waals surface area contributed by atoms with Crippen molar-refractivity contribution in [3.8, 4) is 5.75 Å². The summed E-state index contributed by atoms with van der Waals surface area (Å²) in [4.78, 5) is 22.3. The lowest BCUT2D eigenvalue weighted by Crippen LogP contribution is -2.38. The molecule has 0 unspecified atom stereocenters. The van der Waals surface area contributed by atoms with Gasteiger partial charge in [-0.25, -0.2) is 5.84 Å². The van der Waals surface area contributed by atoms with E-state index >= 15 is 0 Å². The number of carboxylic acids is 1. The number of hydrogen-bond donors (Lipinski definition) is 3. The predicted octanol–water partition coefficient (Wildman–Crippen LogP) is 2.13. The van der Waals surface area contributed by atoms with Gasteiger partial charge in [-0.05, 0) is 25.0 Å². The summed E-state index contributed by atoms with van der Waals surface area (Å²) in [5, 5.41) is 19.2. The summed E-state index contributed by atoms with van der Waals surface area (Å²) in [5.41, 5.74) is 0.196. The first-order valence-corrected chi connectivity index (χ1v) is 7.08. The Morgan fingerprint density at radius 3 is 2.33 bits per heavy atom. The summed E-state index contributed by atoms with van der Waals surface area (Å²) in [7, 11) is 0. The van der Waals surface area contributed by atoms with E-state index in [1.807, 2.05) is 0 Å². The summed E-state index contributed by atoms with van der Waals surface area (Å²) in [5.74, 6) is 4.45. The molecule has 0 saturated carbocycles. The van der Waals surface area contributed by atoms with E-state index in [2.05, 4.69) is 0 Å². The van der Waals surface area contributed by atoms with Crippen LogP contribution < -0.4 is 5.84 Å². The van der Waals surface area contributed by atoms with E-state index in [0.717, 1.165) is 30.7 Å². The van der Waals surface area contributed by atoms with Crippen molar-refractivity contribution in [2.24, 2.45) is 5.84 Å². The number of nitrogens with two attached hydrogens (primary N) is 1. The Bertz CT molecular complexity index is 476. The molecule has 0 spiro atoms. The molecular weight excluding hydrogens is 272 g/mol. The topological polar surface area (TPSA) is 104 Å². The van der Waals surface area contributed by atoms with Crippen molar-refractivity contribution in [2.75, 3.05) is 6.54 Å². The van der Waals surface area contributed by atoms with Gasteiger partial charge >= 0.3 is 5.97 Å². The molecule has 0 saturated heterocycles. The van der Waals surface area contributed by atoms with Crippen molar-refractivity contribution >= 4 is 11.9 Å². The van der Waals surface area contributed by atoms with Crippen molar-refractivity contribution in [3.63, 3.8) is 0 Å². The number of carbonyl (C=O) groups is 2. The van der Waals surface area contributed by atoms with Gasteiger partial charge in [-0.3, -0.25) is 14.6 Å². The van der Waals surface area contributed by atoms with Crippen molar-refractivity contribution in [2.45, 2.75) is 38.5 Å². The van der Waals surface area contributed by atoms with Gasteiger partial charge in [0.15, 0.2) is 0 Å². The van der Waals surface area contributed by atoms with Gasteiger partial charge in [0.2, 0.25) is 0 Å². The molecule has 0 atom stereocenters. The molecule has 4 N–H and O–H groups in total. The SMILES string of the molecule is NN(CCCCCCCC(=O)O)C(=O)c1ccccc1O. The normalized spacial score (nSPS) is 10.3. The Morgan fingerprint density at radius 2 is 1.67 bits per heavy atom. The molecule has 1 aromatic rings. The molecule has 0 radical (unpaired) electrons. The van der Waals surface area contributed by atoms with Crippen LogP contribution >= 0.6 is 0 Å². The molecule has 0 aromatic heterocycles. The number of benzene rings is 1. The molecule has 0 fully saturated rings. The van der Waals surface area contributed by atoms with Gasteiger partial charge in [-0.2, -0.15) is 0 Å². The number of phenols is 1. The molecule has 6 nitrogen and oxygen atoms in total. The molecular formula is C15H22N2O4. The minimum absolute atomic E-state index is 0.0772. The maximum Gasteiger partial charge on any atom is 0.303 e. The summed E-state index contributed by atoms with van der Waals surface area (Å²) in [6.07, 6.45) is 4.31. The van der Waals surface area contributed by atoms with E-state index in [-0.39, 0.29) is 17.7 Å². The number of hydrogen-bond acceptors (Lipinski definition) is 4. The number of carbonyl (C=O) groups excluding carboxylic acids is 1. The third-order valence-electron chi connectivity index (χ3n) is 3.18. The van der Waals surface area contributed by atoms with Crippen LogP contribution in [0.3, 0.4) is 0 Å². The van der Waals surface area contributed by atoms with Crippen molar-refractivity contribution in [1.29, 1.82) is 0 Å². The van der Waals surface area contributed by atoms with Crippen LogP contribution in [0.4, 0.5) is 0 Å². The zero-order valence-electron chi connectivity index (χ0n) is 12.0. The molecule has 21 heavy (non-hydrogen) atoms. The molecule has 0 heterocycles. The van der Waals surface area contributed by atoms with Gasteiger partial charge in [0, 0.05) is 13.0 Å². The van der Waals surface area contributed by atoms with E-state index < -0.39 is 11.9 Å². The maximum absolute atomic E-state index is 12.0. The van der Waals surface area contributed by atoms with Crippen molar-refractivity contribution in [3.05, 3.63) is 29.8 Å². The van der Waals surface area contributed by atoms with Gasteiger partial charge in [-0.1, -0.05) is 31.4 Å². The highest BCUT2D eigenvalue weighted by molar-refractivity contribution is 5.96. The number of aromatic hydroxyl groups is 1. The number of carboxylic acid groups (broad SMARTS) is 1. The van der Waals surface area contributed by atoms with Crippen molar-refractivity contribution < 1.29 is 19.8 Å². The lowest BCUT2D eigenvalue weighted by atomic mass is 10.1. The first-order valence-electron chi connectivity index (χ1n) is 7.08. The minimum atomic E-state index is -0.767. The number of aliphatic carboxylic acids is 1. The zero-order chi connectivity index (χ0) is 15.7. The lowest BCUT2D eigenvalue weighted by Gasteiger charge is -2.17. The molecule has 0 aliphatic rings. The summed E-state index contributed by atoms with van der Waals surface area (Å²) in [6, 6.07) is 6.29. The maximum atomic E-state index is 12.0. The Morgan fingerprint density at radius 1 is 1.05 bits per heavy atom. The van der Waals surface area contributed by atoms with E-state index in [9.17, 15) is 14.7 Å².